The molecule has 1 N–H and O–H groups in total. The predicted octanol–water partition coefficient (Wildman–Crippen LogP) is 3.16. The molecule has 0 spiro atoms. The van der Waals surface area contributed by atoms with Gasteiger partial charge < -0.3 is 14.8 Å². The van der Waals surface area contributed by atoms with Crippen LogP contribution in [0.5, 0.6) is 5.75 Å². The second-order valence-electron chi connectivity index (χ2n) is 4.67. The first-order valence-corrected chi connectivity index (χ1v) is 6.64. The largest absolute Gasteiger partial charge is 0.491 e. The van der Waals surface area contributed by atoms with Gasteiger partial charge in [-0.3, -0.25) is 0 Å². The Bertz CT molecular complexity index is 352. The summed E-state index contributed by atoms with van der Waals surface area (Å²) in [5.74, 6) is 0.909. The van der Waals surface area contributed by atoms with Gasteiger partial charge in [0.2, 0.25) is 0 Å². The highest BCUT2D eigenvalue weighted by Crippen LogP contribution is 2.23. The highest BCUT2D eigenvalue weighted by Gasteiger charge is 2.18. The number of benzene rings is 1. The van der Waals surface area contributed by atoms with Gasteiger partial charge in [-0.25, -0.2) is 0 Å². The highest BCUT2D eigenvalue weighted by atomic mass is 16.5. The topological polar surface area (TPSA) is 30.5 Å². The lowest BCUT2D eigenvalue weighted by molar-refractivity contribution is 0.0492. The first-order valence-electron chi connectivity index (χ1n) is 6.64. The lowest BCUT2D eigenvalue weighted by Crippen LogP contribution is -2.29. The van der Waals surface area contributed by atoms with Gasteiger partial charge in [-0.15, -0.1) is 0 Å². The Morgan fingerprint density at radius 2 is 1.94 bits per heavy atom. The average Bonchev–Trinajstić information content (AvgIpc) is 2.30. The van der Waals surface area contributed by atoms with Crippen molar-refractivity contribution < 1.29 is 9.47 Å². The molecule has 0 amide bonds. The molecule has 1 aromatic rings. The van der Waals surface area contributed by atoms with Crippen molar-refractivity contribution in [3.8, 4) is 5.75 Å². The third-order valence-electron chi connectivity index (χ3n) is 2.80. The maximum atomic E-state index is 5.72. The number of nitrogens with one attached hydrogen (secondary N) is 1. The smallest absolute Gasteiger partial charge is 0.120 e. The third kappa shape index (κ3) is 4.31. The van der Waals surface area contributed by atoms with Gasteiger partial charge in [0.1, 0.15) is 5.75 Å². The molecule has 0 bridgehead atoms. The van der Waals surface area contributed by atoms with E-state index in [9.17, 15) is 0 Å². The summed E-state index contributed by atoms with van der Waals surface area (Å²) >= 11 is 0. The van der Waals surface area contributed by atoms with E-state index in [1.54, 1.807) is 0 Å². The number of hydrogen-bond acceptors (Lipinski definition) is 3. The minimum atomic E-state index is 0.134. The molecule has 0 heterocycles. The van der Waals surface area contributed by atoms with Crippen LogP contribution in [0.2, 0.25) is 0 Å². The Kier molecular flexibility index (Phi) is 6.16. The molecule has 1 rings (SSSR count). The van der Waals surface area contributed by atoms with Crippen LogP contribution in [0.3, 0.4) is 0 Å². The first kappa shape index (κ1) is 15.0. The van der Waals surface area contributed by atoms with Crippen LogP contribution >= 0.6 is 0 Å². The van der Waals surface area contributed by atoms with Gasteiger partial charge in [0.25, 0.3) is 0 Å². The van der Waals surface area contributed by atoms with Crippen molar-refractivity contribution in [1.29, 1.82) is 0 Å². The summed E-state index contributed by atoms with van der Waals surface area (Å²) in [5, 5.41) is 3.30. The van der Waals surface area contributed by atoms with E-state index in [0.717, 1.165) is 12.4 Å². The Labute approximate surface area is 110 Å². The summed E-state index contributed by atoms with van der Waals surface area (Å²) < 4.78 is 11.4. The van der Waals surface area contributed by atoms with Crippen LogP contribution < -0.4 is 10.1 Å². The van der Waals surface area contributed by atoms with E-state index in [1.807, 2.05) is 40.0 Å². The molecule has 0 aliphatic carbocycles. The Hall–Kier alpha value is -1.06. The molecule has 0 aliphatic rings. The van der Waals surface area contributed by atoms with Gasteiger partial charge in [-0.2, -0.15) is 0 Å². The SMILES string of the molecule is CCOC(C)C(NC)c1cccc(OC(C)C)c1. The van der Waals surface area contributed by atoms with E-state index in [0.29, 0.717) is 0 Å². The fraction of sp³-hybridized carbons (Fsp3) is 0.600. The molecule has 0 saturated carbocycles. The molecule has 1 aromatic carbocycles. The molecule has 0 fully saturated rings. The predicted molar refractivity (Wildman–Crippen MR) is 75.1 cm³/mol. The number of likely N-dealkylation sites (N-methyl/N-ethyl adjacent to an activating group) is 1. The van der Waals surface area contributed by atoms with E-state index < -0.39 is 0 Å². The first-order chi connectivity index (χ1) is 8.58. The fourth-order valence-corrected chi connectivity index (χ4v) is 2.08. The van der Waals surface area contributed by atoms with Crippen LogP contribution in [-0.4, -0.2) is 25.9 Å². The lowest BCUT2D eigenvalue weighted by atomic mass is 10.0. The molecule has 3 nitrogen and oxygen atoms in total. The van der Waals surface area contributed by atoms with Gasteiger partial charge in [0, 0.05) is 6.61 Å². The Morgan fingerprint density at radius 1 is 1.22 bits per heavy atom. The van der Waals surface area contributed by atoms with Gasteiger partial charge in [0.05, 0.1) is 18.2 Å². The molecule has 102 valence electrons. The summed E-state index contributed by atoms with van der Waals surface area (Å²) in [6, 6.07) is 8.37. The van der Waals surface area contributed by atoms with Crippen molar-refractivity contribution in [2.45, 2.75) is 45.9 Å². The maximum Gasteiger partial charge on any atom is 0.120 e. The van der Waals surface area contributed by atoms with Gasteiger partial charge in [0.15, 0.2) is 0 Å². The van der Waals surface area contributed by atoms with Crippen LogP contribution in [0.15, 0.2) is 24.3 Å². The van der Waals surface area contributed by atoms with Gasteiger partial charge in [-0.05, 0) is 52.4 Å². The zero-order valence-electron chi connectivity index (χ0n) is 12.1. The standard InChI is InChI=1S/C15H25NO2/c1-6-17-12(4)15(16-5)13-8-7-9-14(10-13)18-11(2)3/h7-12,15-16H,6H2,1-5H3. The molecule has 0 aromatic heterocycles. The molecule has 0 aliphatic heterocycles. The lowest BCUT2D eigenvalue weighted by Gasteiger charge is -2.24. The summed E-state index contributed by atoms with van der Waals surface area (Å²) in [5.41, 5.74) is 1.19. The van der Waals surface area contributed by atoms with Crippen molar-refractivity contribution in [3.05, 3.63) is 29.8 Å². The minimum Gasteiger partial charge on any atom is -0.491 e. The Balaban J connectivity index is 2.85. The van der Waals surface area contributed by atoms with Gasteiger partial charge in [-0.1, -0.05) is 12.1 Å². The molecule has 2 unspecified atom stereocenters. The van der Waals surface area contributed by atoms with E-state index >= 15 is 0 Å². The normalized spacial score (nSPS) is 14.6. The fourth-order valence-electron chi connectivity index (χ4n) is 2.08. The van der Waals surface area contributed by atoms with Crippen molar-refractivity contribution in [3.63, 3.8) is 0 Å². The number of rotatable bonds is 7. The van der Waals surface area contributed by atoms with E-state index in [1.165, 1.54) is 5.56 Å². The zero-order chi connectivity index (χ0) is 13.5. The van der Waals surface area contributed by atoms with Crippen molar-refractivity contribution in [2.24, 2.45) is 0 Å². The third-order valence-corrected chi connectivity index (χ3v) is 2.80. The van der Waals surface area contributed by atoms with E-state index in [4.69, 9.17) is 9.47 Å². The van der Waals surface area contributed by atoms with Crippen LogP contribution in [0, 0.1) is 0 Å². The van der Waals surface area contributed by atoms with Crippen LogP contribution in [-0.2, 0) is 4.74 Å². The second kappa shape index (κ2) is 7.39. The molecule has 0 saturated heterocycles. The highest BCUT2D eigenvalue weighted by molar-refractivity contribution is 5.31. The molecule has 0 radical (unpaired) electrons. The van der Waals surface area contributed by atoms with Crippen LogP contribution in [0.4, 0.5) is 0 Å². The second-order valence-corrected chi connectivity index (χ2v) is 4.67. The molecule has 18 heavy (non-hydrogen) atoms. The zero-order valence-corrected chi connectivity index (χ0v) is 12.1. The molecular weight excluding hydrogens is 226 g/mol. The quantitative estimate of drug-likeness (QED) is 0.807. The van der Waals surface area contributed by atoms with Crippen LogP contribution in [0.25, 0.3) is 0 Å². The summed E-state index contributed by atoms with van der Waals surface area (Å²) in [6.45, 7) is 8.89. The van der Waals surface area contributed by atoms with Crippen LogP contribution in [0.1, 0.15) is 39.3 Å². The monoisotopic (exact) mass is 251 g/mol. The maximum absolute atomic E-state index is 5.72. The van der Waals surface area contributed by atoms with Gasteiger partial charge >= 0.3 is 0 Å². The Morgan fingerprint density at radius 3 is 2.50 bits per heavy atom. The van der Waals surface area contributed by atoms with E-state index in [-0.39, 0.29) is 18.2 Å². The summed E-state index contributed by atoms with van der Waals surface area (Å²) in [7, 11) is 1.95. The minimum absolute atomic E-state index is 0.134. The average molecular weight is 251 g/mol. The molecular formula is C15H25NO2. The number of hydrogen-bond donors (Lipinski definition) is 1. The van der Waals surface area contributed by atoms with Crippen molar-refractivity contribution in [2.75, 3.05) is 13.7 Å². The molecule has 2 atom stereocenters. The number of ether oxygens (including phenoxy) is 2. The molecule has 3 heteroatoms. The van der Waals surface area contributed by atoms with Crippen molar-refractivity contribution in [1.82, 2.24) is 5.32 Å². The van der Waals surface area contributed by atoms with Crippen molar-refractivity contribution >= 4 is 0 Å². The van der Waals surface area contributed by atoms with E-state index in [2.05, 4.69) is 24.4 Å². The summed E-state index contributed by atoms with van der Waals surface area (Å²) in [6.07, 6.45) is 0.326. The summed E-state index contributed by atoms with van der Waals surface area (Å²) in [4.78, 5) is 0.